The maximum Gasteiger partial charge on any atom is 0.262 e. The molecule has 6 nitrogen and oxygen atoms in total. The van der Waals surface area contributed by atoms with Gasteiger partial charge in [0, 0.05) is 11.8 Å². The summed E-state index contributed by atoms with van der Waals surface area (Å²) in [4.78, 5) is 12.1. The lowest BCUT2D eigenvalue weighted by Crippen LogP contribution is -2.14. The summed E-state index contributed by atoms with van der Waals surface area (Å²) < 4.78 is 33.0. The maximum atomic E-state index is 12.6. The lowest BCUT2D eigenvalue weighted by Gasteiger charge is -2.10. The number of aryl methyl sites for hydroxylation is 1. The Hall–Kier alpha value is -3.03. The molecule has 8 heteroatoms. The standard InChI is InChI=1S/C20H17ClN2O4S/c1-14-9-10-16(27-14)11-12-20(24)22-15-5-4-6-17(13-15)28(25,26)23-19-8-3-2-7-18(19)21/h2-13,23H,1H3,(H,22,24)/b12-11+. The van der Waals surface area contributed by atoms with Gasteiger partial charge < -0.3 is 9.73 Å². The van der Waals surface area contributed by atoms with E-state index in [0.717, 1.165) is 5.76 Å². The first kappa shape index (κ1) is 19.7. The average Bonchev–Trinajstić information content (AvgIpc) is 3.07. The predicted octanol–water partition coefficient (Wildman–Crippen LogP) is 4.69. The van der Waals surface area contributed by atoms with Gasteiger partial charge in [-0.05, 0) is 55.5 Å². The van der Waals surface area contributed by atoms with Crippen molar-refractivity contribution >= 4 is 45.0 Å². The molecule has 0 radical (unpaired) electrons. The maximum absolute atomic E-state index is 12.6. The molecule has 144 valence electrons. The molecular weight excluding hydrogens is 400 g/mol. The SMILES string of the molecule is Cc1ccc(/C=C/C(=O)Nc2cccc(S(=O)(=O)Nc3ccccc3Cl)c2)o1. The Morgan fingerprint density at radius 2 is 1.86 bits per heavy atom. The van der Waals surface area contributed by atoms with Crippen molar-refractivity contribution in [2.45, 2.75) is 11.8 Å². The highest BCUT2D eigenvalue weighted by molar-refractivity contribution is 7.92. The van der Waals surface area contributed by atoms with Crippen LogP contribution in [0.4, 0.5) is 11.4 Å². The molecule has 0 aliphatic carbocycles. The lowest BCUT2D eigenvalue weighted by molar-refractivity contribution is -0.111. The van der Waals surface area contributed by atoms with Gasteiger partial charge in [0.05, 0.1) is 15.6 Å². The molecule has 0 fully saturated rings. The number of para-hydroxylation sites is 1. The Kier molecular flexibility index (Phi) is 5.87. The van der Waals surface area contributed by atoms with Gasteiger partial charge in [0.2, 0.25) is 5.91 Å². The molecule has 0 atom stereocenters. The molecule has 0 unspecified atom stereocenters. The molecule has 2 N–H and O–H groups in total. The third-order valence-electron chi connectivity index (χ3n) is 3.69. The number of furan rings is 1. The van der Waals surface area contributed by atoms with Crippen LogP contribution >= 0.6 is 11.6 Å². The topological polar surface area (TPSA) is 88.4 Å². The van der Waals surface area contributed by atoms with E-state index in [-0.39, 0.29) is 15.6 Å². The highest BCUT2D eigenvalue weighted by Gasteiger charge is 2.16. The van der Waals surface area contributed by atoms with E-state index in [1.165, 1.54) is 30.4 Å². The van der Waals surface area contributed by atoms with Gasteiger partial charge in [0.15, 0.2) is 0 Å². The van der Waals surface area contributed by atoms with Crippen LogP contribution in [0.1, 0.15) is 11.5 Å². The van der Waals surface area contributed by atoms with Crippen LogP contribution in [0.3, 0.4) is 0 Å². The molecule has 0 bridgehead atoms. The summed E-state index contributed by atoms with van der Waals surface area (Å²) in [6.07, 6.45) is 2.84. The molecule has 1 aromatic heterocycles. The summed E-state index contributed by atoms with van der Waals surface area (Å²) in [5.41, 5.74) is 0.614. The Labute approximate surface area is 167 Å². The number of carbonyl (C=O) groups is 1. The normalized spacial score (nSPS) is 11.5. The summed E-state index contributed by atoms with van der Waals surface area (Å²) in [6.45, 7) is 1.81. The van der Waals surface area contributed by atoms with E-state index < -0.39 is 15.9 Å². The molecule has 0 spiro atoms. The second-order valence-corrected chi connectivity index (χ2v) is 7.97. The van der Waals surface area contributed by atoms with Crippen LogP contribution in [0.25, 0.3) is 6.08 Å². The van der Waals surface area contributed by atoms with Crippen LogP contribution < -0.4 is 10.0 Å². The van der Waals surface area contributed by atoms with Crippen LogP contribution in [0.5, 0.6) is 0 Å². The van der Waals surface area contributed by atoms with E-state index in [2.05, 4.69) is 10.0 Å². The minimum atomic E-state index is -3.87. The fourth-order valence-electron chi connectivity index (χ4n) is 2.37. The van der Waals surface area contributed by atoms with Crippen LogP contribution in [-0.4, -0.2) is 14.3 Å². The molecular formula is C20H17ClN2O4S. The number of rotatable bonds is 6. The number of halogens is 1. The number of anilines is 2. The van der Waals surface area contributed by atoms with Crippen LogP contribution in [0.2, 0.25) is 5.02 Å². The summed E-state index contributed by atoms with van der Waals surface area (Å²) in [5.74, 6) is 0.875. The van der Waals surface area contributed by atoms with E-state index in [0.29, 0.717) is 11.4 Å². The van der Waals surface area contributed by atoms with Crippen LogP contribution in [-0.2, 0) is 14.8 Å². The highest BCUT2D eigenvalue weighted by Crippen LogP contribution is 2.25. The van der Waals surface area contributed by atoms with Crippen molar-refractivity contribution in [2.75, 3.05) is 10.0 Å². The molecule has 0 saturated carbocycles. The number of carbonyl (C=O) groups excluding carboxylic acids is 1. The fourth-order valence-corrected chi connectivity index (χ4v) is 3.74. The van der Waals surface area contributed by atoms with Crippen LogP contribution in [0, 0.1) is 6.92 Å². The molecule has 3 rings (SSSR count). The third kappa shape index (κ3) is 5.03. The highest BCUT2D eigenvalue weighted by atomic mass is 35.5. The minimum Gasteiger partial charge on any atom is -0.462 e. The van der Waals surface area contributed by atoms with E-state index in [4.69, 9.17) is 16.0 Å². The predicted molar refractivity (Wildman–Crippen MR) is 110 cm³/mol. The van der Waals surface area contributed by atoms with E-state index >= 15 is 0 Å². The molecule has 0 aliphatic rings. The van der Waals surface area contributed by atoms with Gasteiger partial charge in [-0.15, -0.1) is 0 Å². The smallest absolute Gasteiger partial charge is 0.262 e. The molecule has 1 amide bonds. The number of nitrogens with one attached hydrogen (secondary N) is 2. The van der Waals surface area contributed by atoms with Gasteiger partial charge in [-0.2, -0.15) is 0 Å². The second-order valence-electron chi connectivity index (χ2n) is 5.88. The van der Waals surface area contributed by atoms with Crippen LogP contribution in [0.15, 0.2) is 76.1 Å². The Morgan fingerprint density at radius 1 is 1.07 bits per heavy atom. The number of hydrogen-bond donors (Lipinski definition) is 2. The number of amides is 1. The molecule has 3 aromatic rings. The third-order valence-corrected chi connectivity index (χ3v) is 5.38. The largest absolute Gasteiger partial charge is 0.462 e. The summed E-state index contributed by atoms with van der Waals surface area (Å²) in [6, 6.07) is 16.0. The van der Waals surface area contributed by atoms with Crippen molar-refractivity contribution in [1.29, 1.82) is 0 Å². The van der Waals surface area contributed by atoms with Gasteiger partial charge in [0.1, 0.15) is 11.5 Å². The fraction of sp³-hybridized carbons (Fsp3) is 0.0500. The molecule has 28 heavy (non-hydrogen) atoms. The lowest BCUT2D eigenvalue weighted by atomic mass is 10.3. The number of benzene rings is 2. The van der Waals surface area contributed by atoms with Crippen molar-refractivity contribution in [3.05, 3.63) is 83.3 Å². The van der Waals surface area contributed by atoms with Crippen molar-refractivity contribution in [3.63, 3.8) is 0 Å². The summed E-state index contributed by atoms with van der Waals surface area (Å²) in [5, 5.41) is 2.91. The van der Waals surface area contributed by atoms with Crippen molar-refractivity contribution in [3.8, 4) is 0 Å². The molecule has 0 saturated heterocycles. The number of hydrogen-bond acceptors (Lipinski definition) is 4. The Balaban J connectivity index is 1.73. The first-order chi connectivity index (χ1) is 13.3. The van der Waals surface area contributed by atoms with E-state index in [1.54, 1.807) is 49.4 Å². The van der Waals surface area contributed by atoms with Crippen molar-refractivity contribution in [1.82, 2.24) is 0 Å². The number of sulfonamides is 1. The van der Waals surface area contributed by atoms with Crippen molar-refractivity contribution in [2.24, 2.45) is 0 Å². The molecule has 0 aliphatic heterocycles. The first-order valence-corrected chi connectivity index (χ1v) is 10.1. The Bertz CT molecular complexity index is 1140. The van der Waals surface area contributed by atoms with Gasteiger partial charge in [-0.25, -0.2) is 8.42 Å². The zero-order valence-electron chi connectivity index (χ0n) is 14.8. The zero-order valence-corrected chi connectivity index (χ0v) is 16.4. The molecule has 1 heterocycles. The first-order valence-electron chi connectivity index (χ1n) is 8.26. The second kappa shape index (κ2) is 8.33. The molecule has 2 aromatic carbocycles. The average molecular weight is 417 g/mol. The Morgan fingerprint density at radius 3 is 2.57 bits per heavy atom. The van der Waals surface area contributed by atoms with Gasteiger partial charge >= 0.3 is 0 Å². The summed E-state index contributed by atoms with van der Waals surface area (Å²) in [7, 11) is -3.87. The quantitative estimate of drug-likeness (QED) is 0.570. The summed E-state index contributed by atoms with van der Waals surface area (Å²) >= 11 is 6.01. The van der Waals surface area contributed by atoms with Gasteiger partial charge in [0.25, 0.3) is 10.0 Å². The zero-order chi connectivity index (χ0) is 20.1. The van der Waals surface area contributed by atoms with Gasteiger partial charge in [-0.3, -0.25) is 9.52 Å². The van der Waals surface area contributed by atoms with E-state index in [9.17, 15) is 13.2 Å². The monoisotopic (exact) mass is 416 g/mol. The van der Waals surface area contributed by atoms with Crippen molar-refractivity contribution < 1.29 is 17.6 Å². The minimum absolute atomic E-state index is 0.00383. The van der Waals surface area contributed by atoms with Gasteiger partial charge in [-0.1, -0.05) is 29.8 Å². The van der Waals surface area contributed by atoms with E-state index in [1.807, 2.05) is 0 Å².